The van der Waals surface area contributed by atoms with Crippen molar-refractivity contribution in [3.8, 4) is 5.75 Å². The molecule has 1 heterocycles. The summed E-state index contributed by atoms with van der Waals surface area (Å²) in [7, 11) is 1.69. The van der Waals surface area contributed by atoms with Crippen molar-refractivity contribution in [1.29, 1.82) is 0 Å². The molecule has 2 aromatic rings. The van der Waals surface area contributed by atoms with Crippen LogP contribution in [0.2, 0.25) is 5.02 Å². The van der Waals surface area contributed by atoms with Crippen LogP contribution in [-0.4, -0.2) is 37.6 Å². The van der Waals surface area contributed by atoms with Crippen molar-refractivity contribution >= 4 is 17.5 Å². The van der Waals surface area contributed by atoms with Crippen molar-refractivity contribution in [3.05, 3.63) is 64.7 Å². The van der Waals surface area contributed by atoms with E-state index in [9.17, 15) is 4.79 Å². The normalized spacial score (nSPS) is 14.8. The maximum absolute atomic E-state index is 11.5. The van der Waals surface area contributed by atoms with E-state index in [1.165, 1.54) is 11.1 Å². The Balaban J connectivity index is 1.41. The fourth-order valence-corrected chi connectivity index (χ4v) is 3.21. The molecule has 1 N–H and O–H groups in total. The first-order chi connectivity index (χ1) is 12.1. The molecule has 1 saturated heterocycles. The third-order valence-electron chi connectivity index (χ3n) is 4.45. The largest absolute Gasteiger partial charge is 0.493 e. The third-order valence-corrected chi connectivity index (χ3v) is 4.69. The Morgan fingerprint density at radius 2 is 1.96 bits per heavy atom. The molecule has 0 bridgehead atoms. The fraction of sp³-hybridized carbons (Fsp3) is 0.350. The van der Waals surface area contributed by atoms with Gasteiger partial charge in [0.05, 0.1) is 12.5 Å². The van der Waals surface area contributed by atoms with Crippen LogP contribution in [-0.2, 0) is 17.8 Å². The van der Waals surface area contributed by atoms with Gasteiger partial charge in [-0.15, -0.1) is 0 Å². The van der Waals surface area contributed by atoms with Crippen molar-refractivity contribution in [3.63, 3.8) is 0 Å². The molecule has 5 heteroatoms. The summed E-state index contributed by atoms with van der Waals surface area (Å²) in [5, 5.41) is 3.46. The number of hydrogen-bond acceptors (Lipinski definition) is 3. The fourth-order valence-electron chi connectivity index (χ4n) is 3.00. The predicted octanol–water partition coefficient (Wildman–Crippen LogP) is 3.14. The Labute approximate surface area is 153 Å². The number of hydrogen-bond donors (Lipinski definition) is 1. The summed E-state index contributed by atoms with van der Waals surface area (Å²) < 4.78 is 5.80. The molecule has 0 saturated carbocycles. The lowest BCUT2D eigenvalue weighted by Gasteiger charge is -2.38. The van der Waals surface area contributed by atoms with Crippen LogP contribution in [0.5, 0.6) is 5.75 Å². The smallest absolute Gasteiger partial charge is 0.225 e. The molecule has 0 spiro atoms. The van der Waals surface area contributed by atoms with Gasteiger partial charge in [0.1, 0.15) is 5.75 Å². The second-order valence-corrected chi connectivity index (χ2v) is 6.81. The highest BCUT2D eigenvalue weighted by molar-refractivity contribution is 6.30. The van der Waals surface area contributed by atoms with Gasteiger partial charge in [-0.2, -0.15) is 0 Å². The SMILES string of the molecule is CNC(=O)C1CN(Cc2ccc(OCCc3cccc(Cl)c3)cc2)C1. The summed E-state index contributed by atoms with van der Waals surface area (Å²) >= 11 is 5.98. The first-order valence-electron chi connectivity index (χ1n) is 8.54. The quantitative estimate of drug-likeness (QED) is 0.826. The van der Waals surface area contributed by atoms with E-state index in [2.05, 4.69) is 28.4 Å². The van der Waals surface area contributed by atoms with Gasteiger partial charge in [0, 0.05) is 38.1 Å². The van der Waals surface area contributed by atoms with Crippen LogP contribution in [0.25, 0.3) is 0 Å². The predicted molar refractivity (Wildman–Crippen MR) is 99.9 cm³/mol. The van der Waals surface area contributed by atoms with Gasteiger partial charge in [-0.05, 0) is 35.4 Å². The molecule has 4 nitrogen and oxygen atoms in total. The van der Waals surface area contributed by atoms with Gasteiger partial charge in [0.15, 0.2) is 0 Å². The molecule has 1 aliphatic rings. The molecule has 25 heavy (non-hydrogen) atoms. The molecule has 0 radical (unpaired) electrons. The third kappa shape index (κ3) is 4.97. The highest BCUT2D eigenvalue weighted by Gasteiger charge is 2.31. The topological polar surface area (TPSA) is 41.6 Å². The summed E-state index contributed by atoms with van der Waals surface area (Å²) in [5.41, 5.74) is 2.41. The van der Waals surface area contributed by atoms with Gasteiger partial charge >= 0.3 is 0 Å². The maximum Gasteiger partial charge on any atom is 0.225 e. The van der Waals surface area contributed by atoms with E-state index in [-0.39, 0.29) is 11.8 Å². The van der Waals surface area contributed by atoms with E-state index < -0.39 is 0 Å². The van der Waals surface area contributed by atoms with Crippen LogP contribution in [0.15, 0.2) is 48.5 Å². The van der Waals surface area contributed by atoms with E-state index >= 15 is 0 Å². The van der Waals surface area contributed by atoms with Crippen molar-refractivity contribution in [2.24, 2.45) is 5.92 Å². The van der Waals surface area contributed by atoms with Crippen LogP contribution in [0.4, 0.5) is 0 Å². The number of rotatable bonds is 7. The lowest BCUT2D eigenvalue weighted by molar-refractivity contribution is -0.129. The molecule has 1 amide bonds. The molecule has 2 aromatic carbocycles. The zero-order chi connectivity index (χ0) is 17.6. The second kappa shape index (κ2) is 8.37. The second-order valence-electron chi connectivity index (χ2n) is 6.38. The Bertz CT molecular complexity index is 712. The molecular formula is C20H23ClN2O2. The number of nitrogens with zero attached hydrogens (tertiary/aromatic N) is 1. The molecule has 0 unspecified atom stereocenters. The number of ether oxygens (including phenoxy) is 1. The van der Waals surface area contributed by atoms with Crippen LogP contribution >= 0.6 is 11.6 Å². The number of nitrogens with one attached hydrogen (secondary N) is 1. The molecule has 1 fully saturated rings. The molecule has 1 aliphatic heterocycles. The van der Waals surface area contributed by atoms with Gasteiger partial charge in [0.25, 0.3) is 0 Å². The van der Waals surface area contributed by atoms with Gasteiger partial charge < -0.3 is 10.1 Å². The molecule has 0 aromatic heterocycles. The standard InChI is InChI=1S/C20H23ClN2O2/c1-22-20(24)17-13-23(14-17)12-16-5-7-19(8-6-16)25-10-9-15-3-2-4-18(21)11-15/h2-8,11,17H,9-10,12-14H2,1H3,(H,22,24). The summed E-state index contributed by atoms with van der Waals surface area (Å²) in [5.74, 6) is 1.15. The summed E-state index contributed by atoms with van der Waals surface area (Å²) in [6, 6.07) is 16.0. The summed E-state index contributed by atoms with van der Waals surface area (Å²) in [6.07, 6.45) is 0.830. The zero-order valence-corrected chi connectivity index (χ0v) is 15.1. The minimum atomic E-state index is 0.138. The molecule has 3 rings (SSSR count). The van der Waals surface area contributed by atoms with Gasteiger partial charge in [-0.25, -0.2) is 0 Å². The summed E-state index contributed by atoms with van der Waals surface area (Å²) in [4.78, 5) is 13.8. The number of amides is 1. The average molecular weight is 359 g/mol. The Kier molecular flexibility index (Phi) is 5.95. The van der Waals surface area contributed by atoms with Crippen molar-refractivity contribution in [1.82, 2.24) is 10.2 Å². The van der Waals surface area contributed by atoms with E-state index in [1.807, 2.05) is 30.3 Å². The van der Waals surface area contributed by atoms with Crippen LogP contribution < -0.4 is 10.1 Å². The van der Waals surface area contributed by atoms with E-state index in [4.69, 9.17) is 16.3 Å². The minimum Gasteiger partial charge on any atom is -0.493 e. The van der Waals surface area contributed by atoms with Crippen LogP contribution in [0.3, 0.4) is 0 Å². The van der Waals surface area contributed by atoms with Gasteiger partial charge in [-0.1, -0.05) is 35.9 Å². The lowest BCUT2D eigenvalue weighted by Crippen LogP contribution is -2.52. The molecule has 0 atom stereocenters. The summed E-state index contributed by atoms with van der Waals surface area (Å²) in [6.45, 7) is 3.16. The van der Waals surface area contributed by atoms with Gasteiger partial charge in [-0.3, -0.25) is 9.69 Å². The van der Waals surface area contributed by atoms with Gasteiger partial charge in [0.2, 0.25) is 5.91 Å². The number of benzene rings is 2. The number of likely N-dealkylation sites (tertiary alicyclic amines) is 1. The average Bonchev–Trinajstić information content (AvgIpc) is 2.58. The number of halogens is 1. The van der Waals surface area contributed by atoms with Crippen LogP contribution in [0.1, 0.15) is 11.1 Å². The van der Waals surface area contributed by atoms with E-state index in [1.54, 1.807) is 7.05 Å². The van der Waals surface area contributed by atoms with Crippen molar-refractivity contribution in [2.75, 3.05) is 26.7 Å². The number of carbonyl (C=O) groups excluding carboxylic acids is 1. The highest BCUT2D eigenvalue weighted by Crippen LogP contribution is 2.20. The first-order valence-corrected chi connectivity index (χ1v) is 8.92. The Morgan fingerprint density at radius 3 is 2.64 bits per heavy atom. The van der Waals surface area contributed by atoms with Crippen molar-refractivity contribution < 1.29 is 9.53 Å². The molecule has 132 valence electrons. The maximum atomic E-state index is 11.5. The van der Waals surface area contributed by atoms with Crippen molar-refractivity contribution in [2.45, 2.75) is 13.0 Å². The van der Waals surface area contributed by atoms with E-state index in [0.29, 0.717) is 6.61 Å². The first kappa shape index (κ1) is 17.8. The minimum absolute atomic E-state index is 0.138. The Morgan fingerprint density at radius 1 is 1.20 bits per heavy atom. The van der Waals surface area contributed by atoms with Crippen LogP contribution in [0, 0.1) is 5.92 Å². The highest BCUT2D eigenvalue weighted by atomic mass is 35.5. The molecular weight excluding hydrogens is 336 g/mol. The lowest BCUT2D eigenvalue weighted by atomic mass is 9.98. The Hall–Kier alpha value is -2.04. The molecule has 0 aliphatic carbocycles. The number of carbonyl (C=O) groups is 1. The van der Waals surface area contributed by atoms with E-state index in [0.717, 1.165) is 36.8 Å². The monoisotopic (exact) mass is 358 g/mol. The zero-order valence-electron chi connectivity index (χ0n) is 14.4.